The van der Waals surface area contributed by atoms with Gasteiger partial charge in [-0.05, 0) is 30.3 Å². The second-order valence-corrected chi connectivity index (χ2v) is 5.93. The van der Waals surface area contributed by atoms with E-state index < -0.39 is 15.8 Å². The van der Waals surface area contributed by atoms with E-state index in [9.17, 15) is 12.8 Å². The molecular formula is C13H10ClFN2O2S. The largest absolute Gasteiger partial charge is 0.276 e. The van der Waals surface area contributed by atoms with Crippen LogP contribution in [0.3, 0.4) is 0 Å². The second-order valence-electron chi connectivity index (χ2n) is 3.83. The van der Waals surface area contributed by atoms with Crippen molar-refractivity contribution < 1.29 is 12.8 Å². The van der Waals surface area contributed by atoms with E-state index in [1.807, 2.05) is 4.83 Å². The van der Waals surface area contributed by atoms with Crippen LogP contribution in [-0.4, -0.2) is 14.6 Å². The van der Waals surface area contributed by atoms with Crippen LogP contribution in [0.4, 0.5) is 4.39 Å². The van der Waals surface area contributed by atoms with Crippen molar-refractivity contribution in [1.29, 1.82) is 0 Å². The Kier molecular flexibility index (Phi) is 4.36. The maximum Gasteiger partial charge on any atom is 0.276 e. The molecule has 0 radical (unpaired) electrons. The number of sulfonamides is 1. The van der Waals surface area contributed by atoms with Crippen LogP contribution in [0.5, 0.6) is 0 Å². The van der Waals surface area contributed by atoms with Crippen molar-refractivity contribution >= 4 is 27.8 Å². The lowest BCUT2D eigenvalue weighted by Gasteiger charge is -2.03. The molecule has 0 amide bonds. The normalized spacial score (nSPS) is 11.7. The van der Waals surface area contributed by atoms with Crippen LogP contribution in [0.2, 0.25) is 5.02 Å². The molecule has 2 rings (SSSR count). The summed E-state index contributed by atoms with van der Waals surface area (Å²) >= 11 is 5.68. The molecule has 2 aromatic rings. The van der Waals surface area contributed by atoms with Gasteiger partial charge in [-0.3, -0.25) is 0 Å². The van der Waals surface area contributed by atoms with Crippen LogP contribution in [0.15, 0.2) is 58.5 Å². The standard InChI is InChI=1S/C13H10ClFN2O2S/c14-11-5-7-12(8-6-11)20(18,19)17-16-9-10-3-1-2-4-13(10)15/h1-9,17H/b16-9-. The Bertz CT molecular complexity index is 730. The van der Waals surface area contributed by atoms with Crippen LogP contribution >= 0.6 is 11.6 Å². The molecule has 1 N–H and O–H groups in total. The van der Waals surface area contributed by atoms with Crippen LogP contribution in [-0.2, 0) is 10.0 Å². The van der Waals surface area contributed by atoms with Crippen molar-refractivity contribution in [3.05, 3.63) is 64.9 Å². The number of benzene rings is 2. The van der Waals surface area contributed by atoms with Gasteiger partial charge in [-0.15, -0.1) is 0 Å². The fourth-order valence-electron chi connectivity index (χ4n) is 1.41. The van der Waals surface area contributed by atoms with Gasteiger partial charge in [0.15, 0.2) is 0 Å². The minimum Gasteiger partial charge on any atom is -0.206 e. The second kappa shape index (κ2) is 6.02. The zero-order valence-corrected chi connectivity index (χ0v) is 11.7. The molecule has 2 aromatic carbocycles. The zero-order valence-electron chi connectivity index (χ0n) is 10.1. The lowest BCUT2D eigenvalue weighted by Crippen LogP contribution is -2.18. The van der Waals surface area contributed by atoms with Gasteiger partial charge in [0.05, 0.1) is 11.1 Å². The van der Waals surface area contributed by atoms with E-state index >= 15 is 0 Å². The zero-order chi connectivity index (χ0) is 14.6. The summed E-state index contributed by atoms with van der Waals surface area (Å²) < 4.78 is 37.0. The van der Waals surface area contributed by atoms with E-state index in [1.54, 1.807) is 6.07 Å². The number of hydrogen-bond donors (Lipinski definition) is 1. The molecule has 4 nitrogen and oxygen atoms in total. The first kappa shape index (κ1) is 14.5. The molecule has 0 aromatic heterocycles. The summed E-state index contributed by atoms with van der Waals surface area (Å²) in [6, 6.07) is 11.5. The molecule has 0 saturated heterocycles. The highest BCUT2D eigenvalue weighted by Crippen LogP contribution is 2.13. The first-order chi connectivity index (χ1) is 9.49. The molecule has 0 aliphatic rings. The Morgan fingerprint density at radius 3 is 2.40 bits per heavy atom. The average molecular weight is 313 g/mol. The Labute approximate surface area is 120 Å². The Morgan fingerprint density at radius 1 is 1.10 bits per heavy atom. The fourth-order valence-corrected chi connectivity index (χ4v) is 2.33. The number of nitrogens with one attached hydrogen (secondary N) is 1. The summed E-state index contributed by atoms with van der Waals surface area (Å²) in [5.74, 6) is -0.484. The average Bonchev–Trinajstić information content (AvgIpc) is 2.41. The molecule has 0 spiro atoms. The Hall–Kier alpha value is -1.92. The van der Waals surface area contributed by atoms with E-state index in [1.165, 1.54) is 42.5 Å². The van der Waals surface area contributed by atoms with Gasteiger partial charge in [0, 0.05) is 10.6 Å². The highest BCUT2D eigenvalue weighted by molar-refractivity contribution is 7.89. The lowest BCUT2D eigenvalue weighted by atomic mass is 10.2. The minimum atomic E-state index is -3.79. The van der Waals surface area contributed by atoms with Gasteiger partial charge in [-0.25, -0.2) is 9.22 Å². The summed E-state index contributed by atoms with van der Waals surface area (Å²) in [7, 11) is -3.79. The first-order valence-electron chi connectivity index (χ1n) is 5.54. The summed E-state index contributed by atoms with van der Waals surface area (Å²) in [6.45, 7) is 0. The number of nitrogens with zero attached hydrogens (tertiary/aromatic N) is 1. The number of hydrogen-bond acceptors (Lipinski definition) is 3. The van der Waals surface area contributed by atoms with Gasteiger partial charge in [0.1, 0.15) is 5.82 Å². The number of hydrazone groups is 1. The van der Waals surface area contributed by atoms with Crippen LogP contribution in [0.25, 0.3) is 0 Å². The molecule has 0 unspecified atom stereocenters. The maximum atomic E-state index is 13.3. The van der Waals surface area contributed by atoms with Crippen molar-refractivity contribution in [3.63, 3.8) is 0 Å². The van der Waals surface area contributed by atoms with E-state index in [0.29, 0.717) is 5.02 Å². The fraction of sp³-hybridized carbons (Fsp3) is 0. The van der Waals surface area contributed by atoms with Gasteiger partial charge in [-0.2, -0.15) is 13.5 Å². The van der Waals surface area contributed by atoms with Gasteiger partial charge < -0.3 is 0 Å². The highest BCUT2D eigenvalue weighted by Gasteiger charge is 2.12. The van der Waals surface area contributed by atoms with Crippen LogP contribution < -0.4 is 4.83 Å². The van der Waals surface area contributed by atoms with Crippen molar-refractivity contribution in [2.24, 2.45) is 5.10 Å². The summed E-state index contributed by atoms with van der Waals surface area (Å²) in [5.41, 5.74) is 0.186. The third kappa shape index (κ3) is 3.55. The maximum absolute atomic E-state index is 13.3. The Morgan fingerprint density at radius 2 is 1.75 bits per heavy atom. The number of rotatable bonds is 4. The van der Waals surface area contributed by atoms with E-state index in [0.717, 1.165) is 6.21 Å². The molecule has 7 heteroatoms. The van der Waals surface area contributed by atoms with Crippen molar-refractivity contribution in [3.8, 4) is 0 Å². The van der Waals surface area contributed by atoms with E-state index in [-0.39, 0.29) is 10.5 Å². The van der Waals surface area contributed by atoms with Crippen molar-refractivity contribution in [2.45, 2.75) is 4.90 Å². The highest BCUT2D eigenvalue weighted by atomic mass is 35.5. The molecule has 0 saturated carbocycles. The quantitative estimate of drug-likeness (QED) is 0.697. The van der Waals surface area contributed by atoms with E-state index in [4.69, 9.17) is 11.6 Å². The minimum absolute atomic E-state index is 0.0209. The van der Waals surface area contributed by atoms with Crippen LogP contribution in [0.1, 0.15) is 5.56 Å². The van der Waals surface area contributed by atoms with Crippen molar-refractivity contribution in [2.75, 3.05) is 0 Å². The molecule has 104 valence electrons. The monoisotopic (exact) mass is 312 g/mol. The topological polar surface area (TPSA) is 58.5 Å². The van der Waals surface area contributed by atoms with Gasteiger partial charge >= 0.3 is 0 Å². The molecule has 0 heterocycles. The summed E-state index contributed by atoms with van der Waals surface area (Å²) in [4.78, 5) is 2.02. The van der Waals surface area contributed by atoms with E-state index in [2.05, 4.69) is 5.10 Å². The summed E-state index contributed by atoms with van der Waals surface area (Å²) in [5, 5.41) is 3.97. The molecule has 0 bridgehead atoms. The van der Waals surface area contributed by atoms with Gasteiger partial charge in [0.25, 0.3) is 10.0 Å². The molecule has 0 fully saturated rings. The first-order valence-corrected chi connectivity index (χ1v) is 7.40. The predicted molar refractivity (Wildman–Crippen MR) is 75.8 cm³/mol. The molecule has 0 atom stereocenters. The Balaban J connectivity index is 2.14. The smallest absolute Gasteiger partial charge is 0.206 e. The summed E-state index contributed by atoms with van der Waals surface area (Å²) in [6.07, 6.45) is 1.10. The van der Waals surface area contributed by atoms with Gasteiger partial charge in [-0.1, -0.05) is 29.8 Å². The molecule has 0 aliphatic carbocycles. The third-order valence-electron chi connectivity index (χ3n) is 2.41. The van der Waals surface area contributed by atoms with Crippen molar-refractivity contribution in [1.82, 2.24) is 4.83 Å². The molecule has 20 heavy (non-hydrogen) atoms. The number of halogens is 2. The van der Waals surface area contributed by atoms with Gasteiger partial charge in [0.2, 0.25) is 0 Å². The lowest BCUT2D eigenvalue weighted by molar-refractivity contribution is 0.584. The molecular weight excluding hydrogens is 303 g/mol. The van der Waals surface area contributed by atoms with Crippen LogP contribution in [0, 0.1) is 5.82 Å². The SMILES string of the molecule is O=S(=O)(N/N=C\c1ccccc1F)c1ccc(Cl)cc1. The third-order valence-corrected chi connectivity index (χ3v) is 3.90. The molecule has 0 aliphatic heterocycles. The predicted octanol–water partition coefficient (Wildman–Crippen LogP) is 2.79.